The second-order valence-corrected chi connectivity index (χ2v) is 3.77. The monoisotopic (exact) mass is 188 g/mol. The summed E-state index contributed by atoms with van der Waals surface area (Å²) in [6.07, 6.45) is 4.08. The van der Waals surface area contributed by atoms with E-state index in [0.29, 0.717) is 0 Å². The van der Waals surface area contributed by atoms with Crippen molar-refractivity contribution in [2.24, 2.45) is 4.99 Å². The predicted molar refractivity (Wildman–Crippen MR) is 50.7 cm³/mol. The number of nitrogens with zero attached hydrogens (tertiary/aromatic N) is 2. The summed E-state index contributed by atoms with van der Waals surface area (Å²) in [5.41, 5.74) is 0.763. The van der Waals surface area contributed by atoms with E-state index in [-0.39, 0.29) is 16.7 Å². The molecule has 1 aliphatic heterocycles. The van der Waals surface area contributed by atoms with Gasteiger partial charge in [0.1, 0.15) is 0 Å². The third-order valence-electron chi connectivity index (χ3n) is 1.89. The standard InChI is InChI=1S/C7H12N2O2S/c1-12-7-3-2-4-8-6(7)5-9(10)11/h7H,2-5H2,1H3. The number of hydrogen-bond acceptors (Lipinski definition) is 4. The summed E-state index contributed by atoms with van der Waals surface area (Å²) in [7, 11) is 0. The van der Waals surface area contributed by atoms with E-state index in [1.54, 1.807) is 11.8 Å². The summed E-state index contributed by atoms with van der Waals surface area (Å²) in [6.45, 7) is 0.686. The topological polar surface area (TPSA) is 55.5 Å². The zero-order chi connectivity index (χ0) is 8.97. The van der Waals surface area contributed by atoms with Gasteiger partial charge in [0.15, 0.2) is 0 Å². The molecule has 1 atom stereocenters. The van der Waals surface area contributed by atoms with Crippen molar-refractivity contribution in [3.8, 4) is 0 Å². The van der Waals surface area contributed by atoms with E-state index in [2.05, 4.69) is 4.99 Å². The predicted octanol–water partition coefficient (Wildman–Crippen LogP) is 1.23. The smallest absolute Gasteiger partial charge is 0.242 e. The van der Waals surface area contributed by atoms with E-state index in [0.717, 1.165) is 25.1 Å². The Balaban J connectivity index is 2.57. The van der Waals surface area contributed by atoms with Crippen LogP contribution in [0.25, 0.3) is 0 Å². The summed E-state index contributed by atoms with van der Waals surface area (Å²) in [6, 6.07) is 0. The minimum absolute atomic E-state index is 0.0779. The maximum atomic E-state index is 10.2. The maximum Gasteiger partial charge on any atom is 0.242 e. The quantitative estimate of drug-likeness (QED) is 0.494. The van der Waals surface area contributed by atoms with E-state index < -0.39 is 0 Å². The van der Waals surface area contributed by atoms with Gasteiger partial charge in [-0.05, 0) is 19.1 Å². The molecule has 68 valence electrons. The van der Waals surface area contributed by atoms with Gasteiger partial charge in [-0.3, -0.25) is 15.1 Å². The Hall–Kier alpha value is -0.580. The highest BCUT2D eigenvalue weighted by atomic mass is 32.2. The molecule has 1 aliphatic rings. The molecule has 12 heavy (non-hydrogen) atoms. The van der Waals surface area contributed by atoms with Gasteiger partial charge < -0.3 is 0 Å². The van der Waals surface area contributed by atoms with Crippen molar-refractivity contribution in [3.63, 3.8) is 0 Å². The normalized spacial score (nSPS) is 23.4. The maximum absolute atomic E-state index is 10.2. The highest BCUT2D eigenvalue weighted by molar-refractivity contribution is 7.99. The first-order valence-electron chi connectivity index (χ1n) is 3.92. The van der Waals surface area contributed by atoms with Crippen LogP contribution < -0.4 is 0 Å². The molecule has 0 radical (unpaired) electrons. The molecule has 1 rings (SSSR count). The van der Waals surface area contributed by atoms with Crippen LogP contribution in [0.5, 0.6) is 0 Å². The summed E-state index contributed by atoms with van der Waals surface area (Å²) < 4.78 is 0. The lowest BCUT2D eigenvalue weighted by atomic mass is 10.1. The van der Waals surface area contributed by atoms with Crippen LogP contribution >= 0.6 is 11.8 Å². The third kappa shape index (κ3) is 2.48. The molecular weight excluding hydrogens is 176 g/mol. The van der Waals surface area contributed by atoms with Crippen LogP contribution in [-0.2, 0) is 0 Å². The Morgan fingerprint density at radius 1 is 1.83 bits per heavy atom. The Kier molecular flexibility index (Phi) is 3.52. The fourth-order valence-electron chi connectivity index (χ4n) is 1.31. The molecular formula is C7H12N2O2S. The lowest BCUT2D eigenvalue weighted by Crippen LogP contribution is -2.28. The minimum Gasteiger partial charge on any atom is -0.286 e. The number of hydrogen-bond donors (Lipinski definition) is 0. The van der Waals surface area contributed by atoms with Gasteiger partial charge in [-0.2, -0.15) is 11.8 Å². The molecule has 1 heterocycles. The molecule has 5 heteroatoms. The van der Waals surface area contributed by atoms with Crippen molar-refractivity contribution < 1.29 is 4.92 Å². The zero-order valence-corrected chi connectivity index (χ0v) is 7.84. The molecule has 0 spiro atoms. The molecule has 0 aromatic heterocycles. The summed E-state index contributed by atoms with van der Waals surface area (Å²) >= 11 is 1.66. The van der Waals surface area contributed by atoms with E-state index in [1.165, 1.54) is 0 Å². The average molecular weight is 188 g/mol. The Morgan fingerprint density at radius 3 is 3.17 bits per heavy atom. The third-order valence-corrected chi connectivity index (χ3v) is 2.96. The van der Waals surface area contributed by atoms with Gasteiger partial charge in [0.2, 0.25) is 6.54 Å². The first-order valence-corrected chi connectivity index (χ1v) is 5.20. The van der Waals surface area contributed by atoms with E-state index in [4.69, 9.17) is 0 Å². The van der Waals surface area contributed by atoms with Crippen molar-refractivity contribution in [2.75, 3.05) is 19.3 Å². The molecule has 0 aromatic carbocycles. The Labute approximate surface area is 75.6 Å². The van der Waals surface area contributed by atoms with Crippen molar-refractivity contribution in [3.05, 3.63) is 10.1 Å². The van der Waals surface area contributed by atoms with E-state index in [9.17, 15) is 10.1 Å². The van der Waals surface area contributed by atoms with Crippen molar-refractivity contribution in [2.45, 2.75) is 18.1 Å². The molecule has 0 saturated heterocycles. The molecule has 0 aliphatic carbocycles. The lowest BCUT2D eigenvalue weighted by molar-refractivity contribution is -0.463. The molecule has 1 unspecified atom stereocenters. The van der Waals surface area contributed by atoms with Gasteiger partial charge in [0.25, 0.3) is 0 Å². The number of rotatable bonds is 3. The number of aliphatic imine (C=N–C) groups is 1. The van der Waals surface area contributed by atoms with E-state index in [1.807, 2.05) is 6.26 Å². The van der Waals surface area contributed by atoms with Crippen LogP contribution in [0.3, 0.4) is 0 Å². The highest BCUT2D eigenvalue weighted by Crippen LogP contribution is 2.19. The second kappa shape index (κ2) is 4.45. The second-order valence-electron chi connectivity index (χ2n) is 2.73. The molecule has 0 amide bonds. The Morgan fingerprint density at radius 2 is 2.58 bits per heavy atom. The van der Waals surface area contributed by atoms with Crippen molar-refractivity contribution in [1.29, 1.82) is 0 Å². The van der Waals surface area contributed by atoms with Crippen LogP contribution in [-0.4, -0.2) is 35.2 Å². The first kappa shape index (κ1) is 9.51. The van der Waals surface area contributed by atoms with Crippen LogP contribution in [0, 0.1) is 10.1 Å². The molecule has 0 aromatic rings. The minimum atomic E-state index is -0.298. The van der Waals surface area contributed by atoms with Crippen molar-refractivity contribution in [1.82, 2.24) is 0 Å². The highest BCUT2D eigenvalue weighted by Gasteiger charge is 2.21. The van der Waals surface area contributed by atoms with Crippen LogP contribution in [0.15, 0.2) is 4.99 Å². The fraction of sp³-hybridized carbons (Fsp3) is 0.857. The molecule has 4 nitrogen and oxygen atoms in total. The number of nitro groups is 1. The molecule has 0 N–H and O–H groups in total. The van der Waals surface area contributed by atoms with Gasteiger partial charge in [-0.1, -0.05) is 0 Å². The van der Waals surface area contributed by atoms with Crippen molar-refractivity contribution >= 4 is 17.5 Å². The summed E-state index contributed by atoms with van der Waals surface area (Å²) in [5.74, 6) is 0. The van der Waals surface area contributed by atoms with Gasteiger partial charge in [-0.25, -0.2) is 0 Å². The first-order chi connectivity index (χ1) is 5.74. The SMILES string of the molecule is CSC1CCCN=C1C[N+](=O)[O-]. The average Bonchev–Trinajstić information content (AvgIpc) is 2.04. The van der Waals surface area contributed by atoms with Gasteiger partial charge >= 0.3 is 0 Å². The van der Waals surface area contributed by atoms with Crippen LogP contribution in [0.4, 0.5) is 0 Å². The Bertz CT molecular complexity index is 206. The van der Waals surface area contributed by atoms with Gasteiger partial charge in [-0.15, -0.1) is 0 Å². The zero-order valence-electron chi connectivity index (χ0n) is 7.02. The van der Waals surface area contributed by atoms with Gasteiger partial charge in [0.05, 0.1) is 5.71 Å². The largest absolute Gasteiger partial charge is 0.286 e. The van der Waals surface area contributed by atoms with Gasteiger partial charge in [0, 0.05) is 16.7 Å². The summed E-state index contributed by atoms with van der Waals surface area (Å²) in [5, 5.41) is 10.5. The molecule has 0 bridgehead atoms. The fourth-order valence-corrected chi connectivity index (χ4v) is 2.13. The van der Waals surface area contributed by atoms with Crippen LogP contribution in [0.1, 0.15) is 12.8 Å². The number of thioether (sulfide) groups is 1. The van der Waals surface area contributed by atoms with E-state index >= 15 is 0 Å². The lowest BCUT2D eigenvalue weighted by Gasteiger charge is -2.18. The summed E-state index contributed by atoms with van der Waals surface area (Å²) in [4.78, 5) is 14.1. The van der Waals surface area contributed by atoms with Crippen LogP contribution in [0.2, 0.25) is 0 Å². The molecule has 0 saturated carbocycles. The molecule has 0 fully saturated rings.